The zero-order valence-electron chi connectivity index (χ0n) is 11.4. The van der Waals surface area contributed by atoms with Crippen molar-refractivity contribution in [3.05, 3.63) is 65.6 Å². The second kappa shape index (κ2) is 5.36. The minimum atomic E-state index is -0.439. The summed E-state index contributed by atoms with van der Waals surface area (Å²) >= 11 is 0. The Morgan fingerprint density at radius 3 is 2.62 bits per heavy atom. The van der Waals surface area contributed by atoms with Gasteiger partial charge in [0.2, 0.25) is 0 Å². The lowest BCUT2D eigenvalue weighted by Crippen LogP contribution is -2.13. The van der Waals surface area contributed by atoms with Crippen molar-refractivity contribution in [2.24, 2.45) is 0 Å². The average Bonchev–Trinajstić information content (AvgIpc) is 2.86. The van der Waals surface area contributed by atoms with Crippen molar-refractivity contribution in [2.45, 2.75) is 6.54 Å². The number of halogens is 1. The molecule has 4 nitrogen and oxygen atoms in total. The molecule has 0 aliphatic carbocycles. The molecule has 1 heterocycles. The molecule has 0 spiro atoms. The maximum Gasteiger partial charge on any atom is 0.356 e. The predicted molar refractivity (Wildman–Crippen MR) is 76.6 cm³/mol. The summed E-state index contributed by atoms with van der Waals surface area (Å²) in [5, 5.41) is 5.16. The molecule has 0 bridgehead atoms. The molecule has 0 radical (unpaired) electrons. The van der Waals surface area contributed by atoms with Gasteiger partial charge in [0.05, 0.1) is 19.2 Å². The molecule has 21 heavy (non-hydrogen) atoms. The molecule has 0 saturated carbocycles. The monoisotopic (exact) mass is 284 g/mol. The van der Waals surface area contributed by atoms with Gasteiger partial charge >= 0.3 is 5.97 Å². The van der Waals surface area contributed by atoms with Crippen LogP contribution in [-0.4, -0.2) is 22.9 Å². The first kappa shape index (κ1) is 13.3. The number of hydrogen-bond donors (Lipinski definition) is 0. The minimum Gasteiger partial charge on any atom is -0.464 e. The van der Waals surface area contributed by atoms with Crippen LogP contribution in [0, 0.1) is 5.82 Å². The standard InChI is InChI=1S/C16H13FN2O2/c1-21-16(20)15-13-4-2-3-5-14(13)18-19(15)10-11-6-8-12(17)9-7-11/h2-9H,10H2,1H3. The lowest BCUT2D eigenvalue weighted by Gasteiger charge is -2.06. The van der Waals surface area contributed by atoms with E-state index in [1.807, 2.05) is 24.3 Å². The van der Waals surface area contributed by atoms with Gasteiger partial charge in [-0.3, -0.25) is 4.68 Å². The summed E-state index contributed by atoms with van der Waals surface area (Å²) in [5.41, 5.74) is 1.98. The van der Waals surface area contributed by atoms with E-state index in [2.05, 4.69) is 5.10 Å². The Kier molecular flexibility index (Phi) is 3.39. The second-order valence-corrected chi connectivity index (χ2v) is 4.64. The number of nitrogens with zero attached hydrogens (tertiary/aromatic N) is 2. The topological polar surface area (TPSA) is 44.1 Å². The van der Waals surface area contributed by atoms with Crippen molar-refractivity contribution in [2.75, 3.05) is 7.11 Å². The molecule has 0 saturated heterocycles. The summed E-state index contributed by atoms with van der Waals surface area (Å²) in [5.74, 6) is -0.733. The smallest absolute Gasteiger partial charge is 0.356 e. The summed E-state index contributed by atoms with van der Waals surface area (Å²) in [4.78, 5) is 12.0. The molecule has 5 heteroatoms. The van der Waals surface area contributed by atoms with E-state index in [9.17, 15) is 9.18 Å². The Morgan fingerprint density at radius 2 is 1.90 bits per heavy atom. The van der Waals surface area contributed by atoms with Crippen LogP contribution in [0.5, 0.6) is 0 Å². The molecule has 0 N–H and O–H groups in total. The Balaban J connectivity index is 2.08. The summed E-state index contributed by atoms with van der Waals surface area (Å²) < 4.78 is 19.4. The quantitative estimate of drug-likeness (QED) is 0.694. The zero-order valence-corrected chi connectivity index (χ0v) is 11.4. The third-order valence-electron chi connectivity index (χ3n) is 3.27. The number of benzene rings is 2. The van der Waals surface area contributed by atoms with Crippen LogP contribution in [-0.2, 0) is 11.3 Å². The van der Waals surface area contributed by atoms with Gasteiger partial charge in [-0.15, -0.1) is 0 Å². The van der Waals surface area contributed by atoms with Crippen molar-refractivity contribution in [1.82, 2.24) is 9.78 Å². The first-order valence-electron chi connectivity index (χ1n) is 6.47. The van der Waals surface area contributed by atoms with Gasteiger partial charge in [0.25, 0.3) is 0 Å². The van der Waals surface area contributed by atoms with Gasteiger partial charge in [-0.1, -0.05) is 30.3 Å². The highest BCUT2D eigenvalue weighted by molar-refractivity contribution is 6.02. The zero-order chi connectivity index (χ0) is 14.8. The first-order valence-corrected chi connectivity index (χ1v) is 6.47. The SMILES string of the molecule is COC(=O)c1c2ccccc2nn1Cc1ccc(F)cc1. The fourth-order valence-corrected chi connectivity index (χ4v) is 2.27. The molecule has 0 unspecified atom stereocenters. The largest absolute Gasteiger partial charge is 0.464 e. The van der Waals surface area contributed by atoms with Crippen molar-refractivity contribution < 1.29 is 13.9 Å². The average molecular weight is 284 g/mol. The lowest BCUT2D eigenvalue weighted by molar-refractivity contribution is 0.0589. The number of rotatable bonds is 3. The maximum atomic E-state index is 13.0. The van der Waals surface area contributed by atoms with E-state index in [0.717, 1.165) is 16.5 Å². The summed E-state index contributed by atoms with van der Waals surface area (Å²) in [6.07, 6.45) is 0. The fourth-order valence-electron chi connectivity index (χ4n) is 2.27. The van der Waals surface area contributed by atoms with Crippen LogP contribution >= 0.6 is 0 Å². The number of esters is 1. The maximum absolute atomic E-state index is 13.0. The Hall–Kier alpha value is -2.69. The highest BCUT2D eigenvalue weighted by atomic mass is 19.1. The number of methoxy groups -OCH3 is 1. The minimum absolute atomic E-state index is 0.294. The molecule has 106 valence electrons. The van der Waals surface area contributed by atoms with Crippen LogP contribution < -0.4 is 0 Å². The van der Waals surface area contributed by atoms with E-state index in [-0.39, 0.29) is 5.82 Å². The van der Waals surface area contributed by atoms with Crippen LogP contribution in [0.15, 0.2) is 48.5 Å². The van der Waals surface area contributed by atoms with Gasteiger partial charge in [0.1, 0.15) is 5.82 Å². The second-order valence-electron chi connectivity index (χ2n) is 4.64. The Morgan fingerprint density at radius 1 is 1.19 bits per heavy atom. The van der Waals surface area contributed by atoms with E-state index in [1.165, 1.54) is 19.2 Å². The van der Waals surface area contributed by atoms with Gasteiger partial charge in [-0.2, -0.15) is 5.10 Å². The van der Waals surface area contributed by atoms with Crippen molar-refractivity contribution in [3.63, 3.8) is 0 Å². The van der Waals surface area contributed by atoms with E-state index < -0.39 is 5.97 Å². The van der Waals surface area contributed by atoms with Gasteiger partial charge in [-0.05, 0) is 23.8 Å². The number of carbonyl (C=O) groups excluding carboxylic acids is 1. The normalized spacial score (nSPS) is 10.8. The molecule has 3 rings (SSSR count). The van der Waals surface area contributed by atoms with E-state index >= 15 is 0 Å². The van der Waals surface area contributed by atoms with Gasteiger partial charge in [-0.25, -0.2) is 9.18 Å². The van der Waals surface area contributed by atoms with E-state index in [1.54, 1.807) is 16.8 Å². The van der Waals surface area contributed by atoms with E-state index in [4.69, 9.17) is 4.74 Å². The first-order chi connectivity index (χ1) is 10.2. The van der Waals surface area contributed by atoms with Crippen molar-refractivity contribution in [1.29, 1.82) is 0 Å². The van der Waals surface area contributed by atoms with Gasteiger partial charge < -0.3 is 4.74 Å². The molecular weight excluding hydrogens is 271 g/mol. The molecule has 0 amide bonds. The highest BCUT2D eigenvalue weighted by Gasteiger charge is 2.18. The molecule has 3 aromatic rings. The number of hydrogen-bond acceptors (Lipinski definition) is 3. The van der Waals surface area contributed by atoms with Crippen LogP contribution in [0.4, 0.5) is 4.39 Å². The molecule has 2 aromatic carbocycles. The van der Waals surface area contributed by atoms with Crippen molar-refractivity contribution in [3.8, 4) is 0 Å². The van der Waals surface area contributed by atoms with Crippen LogP contribution in [0.25, 0.3) is 10.9 Å². The van der Waals surface area contributed by atoms with Crippen LogP contribution in [0.1, 0.15) is 16.1 Å². The van der Waals surface area contributed by atoms with Crippen molar-refractivity contribution >= 4 is 16.9 Å². The number of fused-ring (bicyclic) bond motifs is 1. The highest BCUT2D eigenvalue weighted by Crippen LogP contribution is 2.20. The molecule has 0 aliphatic rings. The summed E-state index contributed by atoms with van der Waals surface area (Å²) in [7, 11) is 1.34. The fraction of sp³-hybridized carbons (Fsp3) is 0.125. The summed E-state index contributed by atoms with van der Waals surface area (Å²) in [6, 6.07) is 13.5. The number of aromatic nitrogens is 2. The lowest BCUT2D eigenvalue weighted by atomic mass is 10.2. The molecule has 0 aliphatic heterocycles. The summed E-state index contributed by atoms with van der Waals surface area (Å²) in [6.45, 7) is 0.374. The molecule has 0 atom stereocenters. The Labute approximate surface area is 120 Å². The number of ether oxygens (including phenoxy) is 1. The molecule has 1 aromatic heterocycles. The van der Waals surface area contributed by atoms with Gasteiger partial charge in [0, 0.05) is 5.39 Å². The van der Waals surface area contributed by atoms with Gasteiger partial charge in [0.15, 0.2) is 5.69 Å². The predicted octanol–water partition coefficient (Wildman–Crippen LogP) is 3.01. The van der Waals surface area contributed by atoms with Crippen LogP contribution in [0.3, 0.4) is 0 Å². The number of carbonyl (C=O) groups is 1. The molecular formula is C16H13FN2O2. The third kappa shape index (κ3) is 2.50. The van der Waals surface area contributed by atoms with Crippen LogP contribution in [0.2, 0.25) is 0 Å². The molecule has 0 fully saturated rings. The van der Waals surface area contributed by atoms with E-state index in [0.29, 0.717) is 12.2 Å². The third-order valence-corrected chi connectivity index (χ3v) is 3.27. The Bertz CT molecular complexity index is 794.